The number of ether oxygens (including phenoxy) is 1. The van der Waals surface area contributed by atoms with Crippen molar-refractivity contribution in [1.82, 2.24) is 0 Å². The highest BCUT2D eigenvalue weighted by Crippen LogP contribution is 2.26. The molecule has 1 saturated carbocycles. The van der Waals surface area contributed by atoms with Gasteiger partial charge in [0.05, 0.1) is 5.92 Å². The summed E-state index contributed by atoms with van der Waals surface area (Å²) in [7, 11) is 0. The van der Waals surface area contributed by atoms with Crippen LogP contribution in [0.5, 0.6) is 0 Å². The van der Waals surface area contributed by atoms with Crippen molar-refractivity contribution in [2.75, 3.05) is 0 Å². The molecule has 0 N–H and O–H groups in total. The number of unbranched alkanes of at least 4 members (excludes halogenated alkanes) is 8. The van der Waals surface area contributed by atoms with Gasteiger partial charge in [0.15, 0.2) is 5.56 Å². The minimum atomic E-state index is -0.418. The number of alkyl halides is 1. The highest BCUT2D eigenvalue weighted by molar-refractivity contribution is 6.20. The van der Waals surface area contributed by atoms with Gasteiger partial charge < -0.3 is 4.74 Å². The molecule has 0 aromatic carbocycles. The quantitative estimate of drug-likeness (QED) is 0.229. The zero-order chi connectivity index (χ0) is 16.0. The van der Waals surface area contributed by atoms with Crippen LogP contribution in [0.3, 0.4) is 0 Å². The standard InChI is InChI=1S/C19H35ClO2/c1-2-3-4-5-6-7-8-9-13-16-18(20)22-19(21)17-14-11-10-12-15-17/h17-18H,2-16H2,1H3. The molecule has 0 aromatic rings. The molecule has 130 valence electrons. The van der Waals surface area contributed by atoms with Crippen molar-refractivity contribution >= 4 is 17.6 Å². The van der Waals surface area contributed by atoms with Crippen molar-refractivity contribution in [2.24, 2.45) is 5.92 Å². The highest BCUT2D eigenvalue weighted by atomic mass is 35.5. The van der Waals surface area contributed by atoms with E-state index >= 15 is 0 Å². The van der Waals surface area contributed by atoms with Gasteiger partial charge in [-0.1, -0.05) is 89.2 Å². The van der Waals surface area contributed by atoms with Crippen LogP contribution in [0.15, 0.2) is 0 Å². The Morgan fingerprint density at radius 3 is 2.09 bits per heavy atom. The van der Waals surface area contributed by atoms with Crippen molar-refractivity contribution < 1.29 is 9.53 Å². The first kappa shape index (κ1) is 19.8. The molecule has 1 fully saturated rings. The van der Waals surface area contributed by atoms with Crippen LogP contribution >= 0.6 is 11.6 Å². The lowest BCUT2D eigenvalue weighted by Gasteiger charge is -2.21. The molecule has 0 bridgehead atoms. The molecule has 0 amide bonds. The Kier molecular flexibility index (Phi) is 11.9. The van der Waals surface area contributed by atoms with Gasteiger partial charge in [-0.3, -0.25) is 4.79 Å². The van der Waals surface area contributed by atoms with E-state index in [0.717, 1.165) is 38.5 Å². The van der Waals surface area contributed by atoms with Crippen molar-refractivity contribution in [1.29, 1.82) is 0 Å². The lowest BCUT2D eigenvalue weighted by atomic mass is 9.89. The summed E-state index contributed by atoms with van der Waals surface area (Å²) in [5, 5.41) is 0. The Bertz CT molecular complexity index is 275. The Hall–Kier alpha value is -0.240. The Morgan fingerprint density at radius 2 is 1.50 bits per heavy atom. The third kappa shape index (κ3) is 9.71. The SMILES string of the molecule is CCCCCCCCCCCC(Cl)OC(=O)C1CCCCC1. The van der Waals surface area contributed by atoms with Crippen LogP contribution in [0, 0.1) is 5.92 Å². The summed E-state index contributed by atoms with van der Waals surface area (Å²) in [5.74, 6) is 0.0498. The van der Waals surface area contributed by atoms with Crippen LogP contribution in [0.4, 0.5) is 0 Å². The van der Waals surface area contributed by atoms with E-state index in [1.807, 2.05) is 0 Å². The van der Waals surface area contributed by atoms with E-state index in [4.69, 9.17) is 16.3 Å². The minimum Gasteiger partial charge on any atom is -0.446 e. The zero-order valence-corrected chi connectivity index (χ0v) is 15.2. The fourth-order valence-electron chi connectivity index (χ4n) is 3.23. The molecule has 0 saturated heterocycles. The predicted octanol–water partition coefficient (Wildman–Crippen LogP) is 6.60. The maximum absolute atomic E-state index is 12.0. The number of rotatable bonds is 12. The van der Waals surface area contributed by atoms with Gasteiger partial charge in [0, 0.05) is 0 Å². The second kappa shape index (κ2) is 13.2. The highest BCUT2D eigenvalue weighted by Gasteiger charge is 2.24. The topological polar surface area (TPSA) is 26.3 Å². The second-order valence-corrected chi connectivity index (χ2v) is 7.29. The van der Waals surface area contributed by atoms with E-state index in [0.29, 0.717) is 0 Å². The Balaban J connectivity index is 1.92. The van der Waals surface area contributed by atoms with Gasteiger partial charge in [-0.25, -0.2) is 0 Å². The fraction of sp³-hybridized carbons (Fsp3) is 0.947. The molecule has 3 heteroatoms. The van der Waals surface area contributed by atoms with E-state index < -0.39 is 5.56 Å². The maximum atomic E-state index is 12.0. The summed E-state index contributed by atoms with van der Waals surface area (Å²) in [5.41, 5.74) is -0.418. The summed E-state index contributed by atoms with van der Waals surface area (Å²) < 4.78 is 5.39. The summed E-state index contributed by atoms with van der Waals surface area (Å²) in [6.45, 7) is 2.25. The van der Waals surface area contributed by atoms with Crippen LogP contribution in [0.2, 0.25) is 0 Å². The van der Waals surface area contributed by atoms with Crippen LogP contribution in [0.25, 0.3) is 0 Å². The molecule has 2 nitrogen and oxygen atoms in total. The number of halogens is 1. The lowest BCUT2D eigenvalue weighted by molar-refractivity contribution is -0.151. The first-order valence-corrected chi connectivity index (χ1v) is 10.0. The normalized spacial score (nSPS) is 17.4. The van der Waals surface area contributed by atoms with Gasteiger partial charge >= 0.3 is 5.97 Å². The Labute approximate surface area is 142 Å². The van der Waals surface area contributed by atoms with Gasteiger partial charge in [0.1, 0.15) is 0 Å². The first-order valence-electron chi connectivity index (χ1n) is 9.58. The molecule has 1 rings (SSSR count). The lowest BCUT2D eigenvalue weighted by Crippen LogP contribution is -2.23. The van der Waals surface area contributed by atoms with Gasteiger partial charge in [-0.15, -0.1) is 0 Å². The predicted molar refractivity (Wildman–Crippen MR) is 94.2 cm³/mol. The number of hydrogen-bond donors (Lipinski definition) is 0. The van der Waals surface area contributed by atoms with E-state index in [1.54, 1.807) is 0 Å². The molecule has 1 atom stereocenters. The average molecular weight is 331 g/mol. The minimum absolute atomic E-state index is 0.0596. The van der Waals surface area contributed by atoms with Crippen molar-refractivity contribution in [3.05, 3.63) is 0 Å². The van der Waals surface area contributed by atoms with Crippen LogP contribution in [-0.2, 0) is 9.53 Å². The van der Waals surface area contributed by atoms with E-state index in [-0.39, 0.29) is 11.9 Å². The van der Waals surface area contributed by atoms with Crippen LogP contribution in [0.1, 0.15) is 103 Å². The van der Waals surface area contributed by atoms with Gasteiger partial charge in [0.2, 0.25) is 0 Å². The smallest absolute Gasteiger partial charge is 0.310 e. The molecule has 1 aliphatic carbocycles. The zero-order valence-electron chi connectivity index (χ0n) is 14.5. The van der Waals surface area contributed by atoms with E-state index in [2.05, 4.69) is 6.92 Å². The summed E-state index contributed by atoms with van der Waals surface area (Å²) in [6.07, 6.45) is 18.1. The molecule has 1 aliphatic rings. The summed E-state index contributed by atoms with van der Waals surface area (Å²) >= 11 is 6.15. The first-order chi connectivity index (χ1) is 10.7. The molecule has 22 heavy (non-hydrogen) atoms. The third-order valence-corrected chi connectivity index (χ3v) is 5.02. The molecule has 0 radical (unpaired) electrons. The number of hydrogen-bond acceptors (Lipinski definition) is 2. The van der Waals surface area contributed by atoms with Gasteiger partial charge in [0.25, 0.3) is 0 Å². The van der Waals surface area contributed by atoms with Gasteiger partial charge in [-0.05, 0) is 25.7 Å². The Morgan fingerprint density at radius 1 is 0.955 bits per heavy atom. The fourth-order valence-corrected chi connectivity index (χ4v) is 3.48. The molecule has 0 heterocycles. The molecule has 0 spiro atoms. The van der Waals surface area contributed by atoms with Crippen molar-refractivity contribution in [3.63, 3.8) is 0 Å². The average Bonchev–Trinajstić information content (AvgIpc) is 2.54. The van der Waals surface area contributed by atoms with Crippen LogP contribution < -0.4 is 0 Å². The number of carbonyl (C=O) groups excluding carboxylic acids is 1. The van der Waals surface area contributed by atoms with Crippen molar-refractivity contribution in [2.45, 2.75) is 109 Å². The maximum Gasteiger partial charge on any atom is 0.310 e. The second-order valence-electron chi connectivity index (χ2n) is 6.80. The van der Waals surface area contributed by atoms with Crippen LogP contribution in [-0.4, -0.2) is 11.5 Å². The third-order valence-electron chi connectivity index (χ3n) is 4.72. The number of carbonyl (C=O) groups is 1. The molecule has 0 aromatic heterocycles. The molecular weight excluding hydrogens is 296 g/mol. The van der Waals surface area contributed by atoms with Gasteiger partial charge in [-0.2, -0.15) is 0 Å². The van der Waals surface area contributed by atoms with E-state index in [9.17, 15) is 4.79 Å². The molecule has 1 unspecified atom stereocenters. The largest absolute Gasteiger partial charge is 0.446 e. The summed E-state index contributed by atoms with van der Waals surface area (Å²) in [4.78, 5) is 12.0. The molecular formula is C19H35ClO2. The number of esters is 1. The summed E-state index contributed by atoms with van der Waals surface area (Å²) in [6, 6.07) is 0. The van der Waals surface area contributed by atoms with Crippen molar-refractivity contribution in [3.8, 4) is 0 Å². The monoisotopic (exact) mass is 330 g/mol. The van der Waals surface area contributed by atoms with E-state index in [1.165, 1.54) is 57.8 Å². The molecule has 0 aliphatic heterocycles.